The van der Waals surface area contributed by atoms with Crippen molar-refractivity contribution in [2.24, 2.45) is 11.7 Å². The highest BCUT2D eigenvalue weighted by molar-refractivity contribution is 8.02. The number of aliphatic hydroxyl groups is 1. The zero-order chi connectivity index (χ0) is 17.5. The van der Waals surface area contributed by atoms with Crippen LogP contribution in [0.2, 0.25) is 0 Å². The fourth-order valence-electron chi connectivity index (χ4n) is 3.07. The maximum absolute atomic E-state index is 12.1. The molecule has 0 saturated carbocycles. The number of nitrogens with zero attached hydrogens (tertiary/aromatic N) is 1. The molecule has 4 N–H and O–H groups in total. The van der Waals surface area contributed by atoms with Gasteiger partial charge in [-0.05, 0) is 24.6 Å². The Bertz CT molecular complexity index is 668. The predicted octanol–water partition coefficient (Wildman–Crippen LogP) is 0.260. The third-order valence-electron chi connectivity index (χ3n) is 4.47. The number of hydrogen-bond donors (Lipinski definition) is 3. The summed E-state index contributed by atoms with van der Waals surface area (Å²) in [6.45, 7) is 1.94. The van der Waals surface area contributed by atoms with Gasteiger partial charge < -0.3 is 25.6 Å². The summed E-state index contributed by atoms with van der Waals surface area (Å²) in [7, 11) is 0. The summed E-state index contributed by atoms with van der Waals surface area (Å²) in [4.78, 5) is 25.4. The first kappa shape index (κ1) is 17.1. The molecule has 4 atom stereocenters. The Labute approximate surface area is 143 Å². The highest BCUT2D eigenvalue weighted by Crippen LogP contribution is 2.50. The third-order valence-corrected chi connectivity index (χ3v) is 6.13. The topological polar surface area (TPSA) is 113 Å². The van der Waals surface area contributed by atoms with Crippen molar-refractivity contribution in [3.05, 3.63) is 29.8 Å². The molecule has 1 aromatic rings. The van der Waals surface area contributed by atoms with Crippen molar-refractivity contribution in [3.8, 4) is 5.75 Å². The number of carboxylic acid groups (broad SMARTS) is 1. The van der Waals surface area contributed by atoms with Crippen LogP contribution in [0.4, 0.5) is 0 Å². The zero-order valence-corrected chi connectivity index (χ0v) is 14.0. The molecule has 1 aromatic carbocycles. The van der Waals surface area contributed by atoms with Gasteiger partial charge in [0.2, 0.25) is 5.91 Å². The first-order valence-corrected chi connectivity index (χ1v) is 8.57. The molecule has 7 nitrogen and oxygen atoms in total. The minimum atomic E-state index is -1.23. The lowest BCUT2D eigenvalue weighted by Gasteiger charge is -2.42. The highest BCUT2D eigenvalue weighted by Gasteiger charge is 2.63. The van der Waals surface area contributed by atoms with Crippen LogP contribution < -0.4 is 10.5 Å². The first-order chi connectivity index (χ1) is 11.4. The van der Waals surface area contributed by atoms with Crippen LogP contribution >= 0.6 is 11.8 Å². The van der Waals surface area contributed by atoms with Crippen LogP contribution in [0.3, 0.4) is 0 Å². The summed E-state index contributed by atoms with van der Waals surface area (Å²) in [5.41, 5.74) is 6.49. The summed E-state index contributed by atoms with van der Waals surface area (Å²) in [5.74, 6) is -1.21. The Morgan fingerprint density at radius 1 is 1.58 bits per heavy atom. The summed E-state index contributed by atoms with van der Waals surface area (Å²) in [5, 5.41) is 19.1. The second kappa shape index (κ2) is 6.27. The normalized spacial score (nSPS) is 29.8. The summed E-state index contributed by atoms with van der Waals surface area (Å²) in [6.07, 6.45) is -0.794. The van der Waals surface area contributed by atoms with Crippen LogP contribution in [0, 0.1) is 5.92 Å². The average molecular weight is 352 g/mol. The maximum Gasteiger partial charge on any atom is 0.325 e. The van der Waals surface area contributed by atoms with Crippen LogP contribution in [-0.2, 0) is 16.1 Å². The summed E-state index contributed by atoms with van der Waals surface area (Å²) in [6, 6.07) is 7.18. The van der Waals surface area contributed by atoms with Gasteiger partial charge in [-0.3, -0.25) is 9.59 Å². The van der Waals surface area contributed by atoms with Crippen molar-refractivity contribution in [1.82, 2.24) is 4.90 Å². The fraction of sp³-hybridized carbons (Fsp3) is 0.500. The van der Waals surface area contributed by atoms with Crippen LogP contribution in [0.25, 0.3) is 0 Å². The van der Waals surface area contributed by atoms with Gasteiger partial charge in [-0.1, -0.05) is 12.1 Å². The van der Waals surface area contributed by atoms with E-state index in [2.05, 4.69) is 0 Å². The number of carbonyl (C=O) groups is 2. The van der Waals surface area contributed by atoms with Crippen molar-refractivity contribution in [2.75, 3.05) is 13.2 Å². The van der Waals surface area contributed by atoms with Crippen molar-refractivity contribution in [3.63, 3.8) is 0 Å². The van der Waals surface area contributed by atoms with E-state index < -0.39 is 22.7 Å². The largest absolute Gasteiger partial charge is 0.491 e. The smallest absolute Gasteiger partial charge is 0.325 e. The molecular formula is C16H20N2O5S. The molecule has 24 heavy (non-hydrogen) atoms. The van der Waals surface area contributed by atoms with E-state index in [1.807, 2.05) is 6.07 Å². The summed E-state index contributed by atoms with van der Waals surface area (Å²) >= 11 is 1.18. The number of carboxylic acids is 1. The number of benzene rings is 1. The van der Waals surface area contributed by atoms with E-state index in [0.717, 1.165) is 5.56 Å². The number of nitrogens with two attached hydrogens (primary N) is 1. The van der Waals surface area contributed by atoms with Crippen molar-refractivity contribution in [2.45, 2.75) is 29.7 Å². The zero-order valence-electron chi connectivity index (χ0n) is 13.2. The van der Waals surface area contributed by atoms with Gasteiger partial charge >= 0.3 is 5.97 Å². The first-order valence-electron chi connectivity index (χ1n) is 7.69. The van der Waals surface area contributed by atoms with Crippen LogP contribution in [0.15, 0.2) is 24.3 Å². The number of rotatable bonds is 6. The van der Waals surface area contributed by atoms with Crippen molar-refractivity contribution in [1.29, 1.82) is 0 Å². The van der Waals surface area contributed by atoms with Crippen LogP contribution in [0.5, 0.6) is 5.75 Å². The molecule has 2 saturated heterocycles. The lowest BCUT2D eigenvalue weighted by atomic mass is 9.92. The molecule has 2 heterocycles. The van der Waals surface area contributed by atoms with Gasteiger partial charge in [0.1, 0.15) is 12.4 Å². The number of aliphatic hydroxyl groups excluding tert-OH is 1. The quantitative estimate of drug-likeness (QED) is 0.629. The minimum Gasteiger partial charge on any atom is -0.491 e. The molecule has 2 fully saturated rings. The average Bonchev–Trinajstić information content (AvgIpc) is 2.89. The third kappa shape index (κ3) is 2.74. The SMILES string of the molecule is C[C@@H](O)[C@H]1C(=O)N2CC(COc3cccc(CN)c3)(C(=O)O)S[C@H]12. The van der Waals surface area contributed by atoms with Gasteiger partial charge in [0.15, 0.2) is 4.75 Å². The van der Waals surface area contributed by atoms with Crippen molar-refractivity contribution < 1.29 is 24.5 Å². The Hall–Kier alpha value is -1.77. The molecule has 3 rings (SSSR count). The fourth-order valence-corrected chi connectivity index (χ4v) is 4.76. The minimum absolute atomic E-state index is 0.0617. The predicted molar refractivity (Wildman–Crippen MR) is 88.5 cm³/mol. The molecule has 0 bridgehead atoms. The number of thioether (sulfide) groups is 1. The molecule has 0 radical (unpaired) electrons. The van der Waals surface area contributed by atoms with E-state index in [9.17, 15) is 19.8 Å². The monoisotopic (exact) mass is 352 g/mol. The van der Waals surface area contributed by atoms with Gasteiger partial charge in [0.25, 0.3) is 0 Å². The standard InChI is InChI=1S/C16H20N2O5S/c1-9(19)12-13(20)18-7-16(15(21)22,24-14(12)18)8-23-11-4-2-3-10(5-11)6-17/h2-5,9,12,14,19H,6-8,17H2,1H3,(H,21,22)/t9-,12+,14-,16?/m1/s1. The summed E-state index contributed by atoms with van der Waals surface area (Å²) < 4.78 is 4.46. The molecule has 130 valence electrons. The molecule has 8 heteroatoms. The van der Waals surface area contributed by atoms with E-state index in [1.54, 1.807) is 25.1 Å². The Morgan fingerprint density at radius 3 is 2.96 bits per heavy atom. The second-order valence-corrected chi connectivity index (χ2v) is 7.68. The van der Waals surface area contributed by atoms with Gasteiger partial charge in [-0.2, -0.15) is 0 Å². The number of amides is 1. The number of carbonyl (C=O) groups excluding carboxylic acids is 1. The number of β-lactam (4-membered cyclic amide) rings is 1. The van der Waals surface area contributed by atoms with E-state index in [0.29, 0.717) is 12.3 Å². The molecule has 2 aliphatic heterocycles. The molecule has 2 aliphatic rings. The number of ether oxygens (including phenoxy) is 1. The van der Waals surface area contributed by atoms with Crippen molar-refractivity contribution >= 4 is 23.6 Å². The van der Waals surface area contributed by atoms with E-state index in [-0.39, 0.29) is 24.4 Å². The Balaban J connectivity index is 1.74. The molecule has 1 unspecified atom stereocenters. The second-order valence-electron chi connectivity index (χ2n) is 6.18. The molecule has 1 amide bonds. The number of fused-ring (bicyclic) bond motifs is 1. The molecule has 0 aromatic heterocycles. The van der Waals surface area contributed by atoms with Gasteiger partial charge in [0, 0.05) is 6.54 Å². The van der Waals surface area contributed by atoms with Gasteiger partial charge in [-0.15, -0.1) is 11.8 Å². The van der Waals surface area contributed by atoms with Gasteiger partial charge in [0.05, 0.1) is 23.9 Å². The number of aliphatic carboxylic acids is 1. The van der Waals surface area contributed by atoms with Crippen LogP contribution in [-0.4, -0.2) is 56.4 Å². The lowest BCUT2D eigenvalue weighted by molar-refractivity contribution is -0.156. The Morgan fingerprint density at radius 2 is 2.33 bits per heavy atom. The highest BCUT2D eigenvalue weighted by atomic mass is 32.2. The van der Waals surface area contributed by atoms with E-state index >= 15 is 0 Å². The maximum atomic E-state index is 12.1. The Kier molecular flexibility index (Phi) is 4.46. The molecular weight excluding hydrogens is 332 g/mol. The number of hydrogen-bond acceptors (Lipinski definition) is 6. The van der Waals surface area contributed by atoms with Crippen LogP contribution in [0.1, 0.15) is 12.5 Å². The lowest BCUT2D eigenvalue weighted by Crippen LogP contribution is -2.60. The molecule has 0 aliphatic carbocycles. The van der Waals surface area contributed by atoms with Gasteiger partial charge in [-0.25, -0.2) is 0 Å². The molecule has 0 spiro atoms. The van der Waals surface area contributed by atoms with E-state index in [4.69, 9.17) is 10.5 Å². The van der Waals surface area contributed by atoms with E-state index in [1.165, 1.54) is 16.7 Å².